The molecule has 2 aliphatic heterocycles. The van der Waals surface area contributed by atoms with Gasteiger partial charge in [-0.1, -0.05) is 23.0 Å². The maximum atomic E-state index is 13.0. The summed E-state index contributed by atoms with van der Waals surface area (Å²) in [4.78, 5) is 56.0. The van der Waals surface area contributed by atoms with Crippen molar-refractivity contribution < 1.29 is 28.7 Å². The molecule has 1 unspecified atom stereocenters. The molecule has 1 aromatic carbocycles. The van der Waals surface area contributed by atoms with Gasteiger partial charge in [0.05, 0.1) is 6.61 Å². The lowest BCUT2D eigenvalue weighted by Gasteiger charge is -2.37. The number of amides is 4. The standard InChI is InChI=1S/C31H40N6O6/c1-31(2,3)43-30(41)36(23-13-11-22(12-14-23)34-35-32)17-7-19-42-18-5-4-8-21-9-6-10-24-25(21)20-37(29(24)40)26-15-16-27(38)33-28(26)39/h6,9-10,22-23,26H,5,7,11-20H2,1-3H3,(H,33,38,39). The van der Waals surface area contributed by atoms with Gasteiger partial charge in [0.25, 0.3) is 5.91 Å². The first-order valence-electron chi connectivity index (χ1n) is 14.9. The fourth-order valence-electron chi connectivity index (χ4n) is 5.72. The van der Waals surface area contributed by atoms with Crippen molar-refractivity contribution in [2.24, 2.45) is 5.11 Å². The van der Waals surface area contributed by atoms with Crippen molar-refractivity contribution in [2.45, 2.75) is 102 Å². The fourth-order valence-corrected chi connectivity index (χ4v) is 5.72. The van der Waals surface area contributed by atoms with Crippen LogP contribution in [-0.2, 0) is 25.6 Å². The average molecular weight is 593 g/mol. The molecule has 3 aliphatic rings. The van der Waals surface area contributed by atoms with E-state index < -0.39 is 17.6 Å². The Kier molecular flexibility index (Phi) is 10.7. The summed E-state index contributed by atoms with van der Waals surface area (Å²) in [7, 11) is 0. The normalized spacial score (nSPS) is 21.7. The molecule has 1 aromatic rings. The summed E-state index contributed by atoms with van der Waals surface area (Å²) in [5.41, 5.74) is 10.2. The number of nitrogens with one attached hydrogen (secondary N) is 1. The quantitative estimate of drug-likeness (QED) is 0.112. The molecule has 0 radical (unpaired) electrons. The van der Waals surface area contributed by atoms with Gasteiger partial charge < -0.3 is 19.3 Å². The fraction of sp³-hybridized carbons (Fsp3) is 0.613. The smallest absolute Gasteiger partial charge is 0.410 e. The van der Waals surface area contributed by atoms with Crippen molar-refractivity contribution in [1.29, 1.82) is 0 Å². The van der Waals surface area contributed by atoms with E-state index in [1.165, 1.54) is 4.90 Å². The molecule has 4 amide bonds. The molecule has 1 saturated carbocycles. The average Bonchev–Trinajstić information content (AvgIpc) is 3.28. The summed E-state index contributed by atoms with van der Waals surface area (Å²) in [6, 6.07) is 4.74. The van der Waals surface area contributed by atoms with Crippen molar-refractivity contribution in [3.05, 3.63) is 45.3 Å². The van der Waals surface area contributed by atoms with E-state index in [9.17, 15) is 19.2 Å². The number of benzene rings is 1. The molecule has 12 nitrogen and oxygen atoms in total. The molecule has 2 fully saturated rings. The van der Waals surface area contributed by atoms with E-state index in [2.05, 4.69) is 27.2 Å². The van der Waals surface area contributed by atoms with Gasteiger partial charge in [-0.25, -0.2) is 4.79 Å². The lowest BCUT2D eigenvalue weighted by atomic mass is 9.90. The molecule has 0 bridgehead atoms. The van der Waals surface area contributed by atoms with Gasteiger partial charge in [-0.05, 0) is 82.5 Å². The first-order valence-corrected chi connectivity index (χ1v) is 14.9. The van der Waals surface area contributed by atoms with Crippen molar-refractivity contribution in [2.75, 3.05) is 19.8 Å². The Morgan fingerprint density at radius 3 is 2.63 bits per heavy atom. The molecule has 2 heterocycles. The first kappa shape index (κ1) is 31.9. The number of piperidine rings is 1. The van der Waals surface area contributed by atoms with Gasteiger partial charge in [-0.2, -0.15) is 0 Å². The number of fused-ring (bicyclic) bond motifs is 1. The van der Waals surface area contributed by atoms with Crippen molar-refractivity contribution in [1.82, 2.24) is 15.1 Å². The molecule has 43 heavy (non-hydrogen) atoms. The summed E-state index contributed by atoms with van der Waals surface area (Å²) in [6.07, 6.45) is 4.35. The summed E-state index contributed by atoms with van der Waals surface area (Å²) >= 11 is 0. The SMILES string of the molecule is CC(C)(C)OC(=O)N(CCCOCCC#Cc1cccc2c1CN(C1CCC(=O)NC1=O)C2=O)C1CCC(N=[N+]=[N-])CC1. The lowest BCUT2D eigenvalue weighted by molar-refractivity contribution is -0.136. The number of carbonyl (C=O) groups is 4. The van der Waals surface area contributed by atoms with Crippen LogP contribution in [0.1, 0.15) is 93.6 Å². The predicted molar refractivity (Wildman–Crippen MR) is 158 cm³/mol. The molecule has 0 spiro atoms. The second-order valence-corrected chi connectivity index (χ2v) is 12.1. The summed E-state index contributed by atoms with van der Waals surface area (Å²) < 4.78 is 11.5. The van der Waals surface area contributed by atoms with Crippen LogP contribution in [0.2, 0.25) is 0 Å². The minimum absolute atomic E-state index is 0.0205. The largest absolute Gasteiger partial charge is 0.444 e. The molecular weight excluding hydrogens is 552 g/mol. The molecule has 1 saturated heterocycles. The summed E-state index contributed by atoms with van der Waals surface area (Å²) in [5, 5.41) is 6.15. The molecule has 12 heteroatoms. The van der Waals surface area contributed by atoms with Crippen LogP contribution in [0.25, 0.3) is 10.4 Å². The molecule has 230 valence electrons. The molecule has 1 N–H and O–H groups in total. The zero-order chi connectivity index (χ0) is 31.0. The molecular formula is C31H40N6O6. The van der Waals surface area contributed by atoms with E-state index in [-0.39, 0.29) is 43.0 Å². The Bertz CT molecular complexity index is 1330. The van der Waals surface area contributed by atoms with Gasteiger partial charge in [0.15, 0.2) is 0 Å². The number of hydrogen-bond acceptors (Lipinski definition) is 7. The van der Waals surface area contributed by atoms with E-state index in [0.717, 1.165) is 36.8 Å². The topological polar surface area (TPSA) is 154 Å². The third kappa shape index (κ3) is 8.49. The molecule has 0 aromatic heterocycles. The second kappa shape index (κ2) is 14.4. The van der Waals surface area contributed by atoms with Crippen LogP contribution in [0.3, 0.4) is 0 Å². The number of ether oxygens (including phenoxy) is 2. The maximum absolute atomic E-state index is 13.0. The van der Waals surface area contributed by atoms with Crippen molar-refractivity contribution >= 4 is 23.8 Å². The number of nitrogens with zero attached hydrogens (tertiary/aromatic N) is 5. The van der Waals surface area contributed by atoms with Crippen LogP contribution < -0.4 is 5.32 Å². The monoisotopic (exact) mass is 592 g/mol. The highest BCUT2D eigenvalue weighted by Gasteiger charge is 2.39. The van der Waals surface area contributed by atoms with Crippen LogP contribution >= 0.6 is 0 Å². The van der Waals surface area contributed by atoms with Crippen LogP contribution in [0, 0.1) is 11.8 Å². The number of rotatable bonds is 9. The first-order chi connectivity index (χ1) is 20.6. The van der Waals surface area contributed by atoms with Crippen LogP contribution in [0.4, 0.5) is 4.79 Å². The zero-order valence-corrected chi connectivity index (χ0v) is 25.1. The van der Waals surface area contributed by atoms with Crippen molar-refractivity contribution in [3.63, 3.8) is 0 Å². The van der Waals surface area contributed by atoms with Crippen LogP contribution in [-0.4, -0.2) is 77.1 Å². The van der Waals surface area contributed by atoms with E-state index in [1.807, 2.05) is 26.8 Å². The number of azide groups is 1. The van der Waals surface area contributed by atoms with Crippen LogP contribution in [0.5, 0.6) is 0 Å². The highest BCUT2D eigenvalue weighted by atomic mass is 16.6. The second-order valence-electron chi connectivity index (χ2n) is 12.1. The summed E-state index contributed by atoms with van der Waals surface area (Å²) in [6.45, 7) is 7.22. The van der Waals surface area contributed by atoms with Gasteiger partial charge >= 0.3 is 6.09 Å². The van der Waals surface area contributed by atoms with Gasteiger partial charge in [0.2, 0.25) is 11.8 Å². The minimum Gasteiger partial charge on any atom is -0.444 e. The number of imide groups is 1. The van der Waals surface area contributed by atoms with Gasteiger partial charge in [0.1, 0.15) is 11.6 Å². The van der Waals surface area contributed by atoms with E-state index in [0.29, 0.717) is 44.6 Å². The minimum atomic E-state index is -0.661. The highest BCUT2D eigenvalue weighted by molar-refractivity contribution is 6.05. The Hall–Kier alpha value is -4.07. The predicted octanol–water partition coefficient (Wildman–Crippen LogP) is 4.45. The number of hydrogen-bond donors (Lipinski definition) is 1. The Morgan fingerprint density at radius 1 is 1.16 bits per heavy atom. The van der Waals surface area contributed by atoms with Crippen molar-refractivity contribution in [3.8, 4) is 11.8 Å². The van der Waals surface area contributed by atoms with Gasteiger partial charge in [0, 0.05) is 60.7 Å². The van der Waals surface area contributed by atoms with Gasteiger partial charge in [-0.15, -0.1) is 0 Å². The molecule has 4 rings (SSSR count). The van der Waals surface area contributed by atoms with Gasteiger partial charge in [-0.3, -0.25) is 19.7 Å². The lowest BCUT2D eigenvalue weighted by Crippen LogP contribution is -2.52. The van der Waals surface area contributed by atoms with E-state index in [1.54, 1.807) is 17.0 Å². The zero-order valence-electron chi connectivity index (χ0n) is 25.1. The molecule has 1 atom stereocenters. The van der Waals surface area contributed by atoms with Crippen LogP contribution in [0.15, 0.2) is 23.3 Å². The third-order valence-electron chi connectivity index (χ3n) is 7.81. The highest BCUT2D eigenvalue weighted by Crippen LogP contribution is 2.30. The Balaban J connectivity index is 1.24. The third-order valence-corrected chi connectivity index (χ3v) is 7.81. The van der Waals surface area contributed by atoms with E-state index >= 15 is 0 Å². The van der Waals surface area contributed by atoms with E-state index in [4.69, 9.17) is 15.0 Å². The Morgan fingerprint density at radius 2 is 1.93 bits per heavy atom. The molecule has 1 aliphatic carbocycles. The number of carbonyl (C=O) groups excluding carboxylic acids is 4. The maximum Gasteiger partial charge on any atom is 0.410 e. The Labute approximate surface area is 252 Å². The summed E-state index contributed by atoms with van der Waals surface area (Å²) in [5.74, 6) is 5.29.